The van der Waals surface area contributed by atoms with Crippen molar-refractivity contribution in [3.8, 4) is 0 Å². The quantitative estimate of drug-likeness (QED) is 0.327. The second-order valence-corrected chi connectivity index (χ2v) is 14.3. The van der Waals surface area contributed by atoms with Crippen LogP contribution in [0.25, 0.3) is 0 Å². The van der Waals surface area contributed by atoms with Crippen molar-refractivity contribution < 1.29 is 9.47 Å². The zero-order valence-corrected chi connectivity index (χ0v) is 24.4. The average Bonchev–Trinajstić information content (AvgIpc) is 3.22. The average molecular weight is 497 g/mol. The summed E-state index contributed by atoms with van der Waals surface area (Å²) >= 11 is 0. The topological polar surface area (TPSA) is 18.5 Å². The van der Waals surface area contributed by atoms with E-state index < -0.39 is 0 Å². The minimum absolute atomic E-state index is 0.0556. The van der Waals surface area contributed by atoms with Gasteiger partial charge in [0.25, 0.3) is 0 Å². The maximum Gasteiger partial charge on any atom is 0.157 e. The maximum atomic E-state index is 6.48. The molecule has 10 atom stereocenters. The van der Waals surface area contributed by atoms with Crippen molar-refractivity contribution in [1.29, 1.82) is 0 Å². The highest BCUT2D eigenvalue weighted by Crippen LogP contribution is 2.67. The molecule has 1 saturated heterocycles. The first kappa shape index (κ1) is 27.0. The molecule has 1 unspecified atom stereocenters. The van der Waals surface area contributed by atoms with Gasteiger partial charge in [0.2, 0.25) is 0 Å². The van der Waals surface area contributed by atoms with Crippen LogP contribution in [0.2, 0.25) is 0 Å². The fourth-order valence-corrected chi connectivity index (χ4v) is 9.96. The van der Waals surface area contributed by atoms with Gasteiger partial charge in [-0.2, -0.15) is 0 Å². The first-order valence-electron chi connectivity index (χ1n) is 15.9. The van der Waals surface area contributed by atoms with Crippen LogP contribution in [0.15, 0.2) is 23.8 Å². The van der Waals surface area contributed by atoms with E-state index in [1.807, 2.05) is 0 Å². The van der Waals surface area contributed by atoms with Crippen molar-refractivity contribution in [3.63, 3.8) is 0 Å². The lowest BCUT2D eigenvalue weighted by Gasteiger charge is -2.58. The number of hydrogen-bond acceptors (Lipinski definition) is 2. The zero-order chi connectivity index (χ0) is 25.5. The van der Waals surface area contributed by atoms with Crippen molar-refractivity contribution in [2.24, 2.45) is 52.3 Å². The first-order valence-corrected chi connectivity index (χ1v) is 15.9. The summed E-state index contributed by atoms with van der Waals surface area (Å²) in [5, 5.41) is 0. The predicted molar refractivity (Wildman–Crippen MR) is 151 cm³/mol. The van der Waals surface area contributed by atoms with Gasteiger partial charge in [-0.25, -0.2) is 0 Å². The Morgan fingerprint density at radius 1 is 1.00 bits per heavy atom. The molecule has 204 valence electrons. The lowest BCUT2D eigenvalue weighted by Crippen LogP contribution is -2.51. The van der Waals surface area contributed by atoms with Gasteiger partial charge in [0.05, 0.1) is 6.10 Å². The van der Waals surface area contributed by atoms with Gasteiger partial charge in [0.15, 0.2) is 6.29 Å². The number of hydrogen-bond donors (Lipinski definition) is 0. The fourth-order valence-electron chi connectivity index (χ4n) is 9.96. The van der Waals surface area contributed by atoms with Crippen LogP contribution in [-0.4, -0.2) is 19.0 Å². The fraction of sp³-hybridized carbons (Fsp3) is 0.882. The molecule has 1 aliphatic heterocycles. The summed E-state index contributed by atoms with van der Waals surface area (Å²) in [4.78, 5) is 0. The predicted octanol–water partition coefficient (Wildman–Crippen LogP) is 9.35. The van der Waals surface area contributed by atoms with Gasteiger partial charge in [-0.05, 0) is 129 Å². The Bertz CT molecular complexity index is 806. The van der Waals surface area contributed by atoms with E-state index in [-0.39, 0.29) is 6.29 Å². The normalized spacial score (nSPS) is 44.6. The van der Waals surface area contributed by atoms with E-state index in [4.69, 9.17) is 9.47 Å². The lowest BCUT2D eigenvalue weighted by atomic mass is 9.47. The van der Waals surface area contributed by atoms with Gasteiger partial charge in [-0.1, -0.05) is 65.3 Å². The number of allylic oxidation sites excluding steroid dienone is 3. The summed E-state index contributed by atoms with van der Waals surface area (Å²) in [6.45, 7) is 15.9. The van der Waals surface area contributed by atoms with Crippen LogP contribution >= 0.6 is 0 Å². The van der Waals surface area contributed by atoms with Gasteiger partial charge < -0.3 is 9.47 Å². The Morgan fingerprint density at radius 2 is 1.83 bits per heavy atom. The second-order valence-electron chi connectivity index (χ2n) is 14.3. The molecule has 0 bridgehead atoms. The first-order chi connectivity index (χ1) is 17.3. The third-order valence-electron chi connectivity index (χ3n) is 12.2. The van der Waals surface area contributed by atoms with Crippen LogP contribution in [0.5, 0.6) is 0 Å². The van der Waals surface area contributed by atoms with E-state index in [2.05, 4.69) is 59.8 Å². The molecular formula is C34H56O2. The van der Waals surface area contributed by atoms with E-state index >= 15 is 0 Å². The summed E-state index contributed by atoms with van der Waals surface area (Å²) in [6.07, 6.45) is 24.0. The maximum absolute atomic E-state index is 6.48. The highest BCUT2D eigenvalue weighted by atomic mass is 16.7. The van der Waals surface area contributed by atoms with Gasteiger partial charge in [-0.3, -0.25) is 0 Å². The Morgan fingerprint density at radius 3 is 2.56 bits per heavy atom. The molecule has 0 N–H and O–H groups in total. The van der Waals surface area contributed by atoms with E-state index in [1.165, 1.54) is 64.2 Å². The van der Waals surface area contributed by atoms with Crippen LogP contribution in [0.4, 0.5) is 0 Å². The Hall–Kier alpha value is -0.600. The van der Waals surface area contributed by atoms with Gasteiger partial charge in [0.1, 0.15) is 0 Å². The summed E-state index contributed by atoms with van der Waals surface area (Å²) in [6, 6.07) is 0. The second kappa shape index (κ2) is 10.9. The number of rotatable bonds is 7. The van der Waals surface area contributed by atoms with Crippen molar-refractivity contribution in [3.05, 3.63) is 23.8 Å². The molecular weight excluding hydrogens is 440 g/mol. The van der Waals surface area contributed by atoms with E-state index in [0.717, 1.165) is 55.0 Å². The molecule has 4 aliphatic carbocycles. The molecule has 5 aliphatic rings. The third-order valence-corrected chi connectivity index (χ3v) is 12.2. The lowest BCUT2D eigenvalue weighted by molar-refractivity contribution is -0.195. The van der Waals surface area contributed by atoms with E-state index in [0.29, 0.717) is 22.9 Å². The molecule has 36 heavy (non-hydrogen) atoms. The monoisotopic (exact) mass is 496 g/mol. The van der Waals surface area contributed by atoms with Crippen LogP contribution in [0.3, 0.4) is 0 Å². The number of ether oxygens (including phenoxy) is 2. The van der Waals surface area contributed by atoms with Gasteiger partial charge in [-0.15, -0.1) is 0 Å². The summed E-state index contributed by atoms with van der Waals surface area (Å²) in [5.41, 5.74) is 2.68. The van der Waals surface area contributed by atoms with Crippen molar-refractivity contribution in [1.82, 2.24) is 0 Å². The largest absolute Gasteiger partial charge is 0.353 e. The Kier molecular flexibility index (Phi) is 8.15. The molecule has 0 radical (unpaired) electrons. The van der Waals surface area contributed by atoms with E-state index in [1.54, 1.807) is 5.57 Å². The van der Waals surface area contributed by atoms with Crippen molar-refractivity contribution in [2.45, 2.75) is 131 Å². The Labute approximate surface area is 223 Å². The van der Waals surface area contributed by atoms with Gasteiger partial charge in [0, 0.05) is 6.61 Å². The summed E-state index contributed by atoms with van der Waals surface area (Å²) < 4.78 is 12.4. The molecule has 3 saturated carbocycles. The number of fused-ring (bicyclic) bond motifs is 5. The van der Waals surface area contributed by atoms with Crippen molar-refractivity contribution in [2.75, 3.05) is 6.61 Å². The highest BCUT2D eigenvalue weighted by molar-refractivity contribution is 5.25. The van der Waals surface area contributed by atoms with Crippen LogP contribution in [0.1, 0.15) is 119 Å². The van der Waals surface area contributed by atoms with Crippen LogP contribution < -0.4 is 0 Å². The molecule has 4 fully saturated rings. The minimum Gasteiger partial charge on any atom is -0.353 e. The molecule has 0 aromatic rings. The van der Waals surface area contributed by atoms with Crippen molar-refractivity contribution >= 4 is 0 Å². The molecule has 5 rings (SSSR count). The SMILES string of the molecule is CC[C@@H](C=C[C@@H](C)[C@H]1CC[C@H]2[C@@H]3CC=C4C[C@@H](OC5CCCCO5)CC[C@]4(C)[C@H]3CC[C@]12C)C(C)C. The highest BCUT2D eigenvalue weighted by Gasteiger charge is 2.59. The summed E-state index contributed by atoms with van der Waals surface area (Å²) in [7, 11) is 0. The molecule has 1 heterocycles. The van der Waals surface area contributed by atoms with E-state index in [9.17, 15) is 0 Å². The molecule has 0 aromatic heterocycles. The standard InChI is InChI=1S/C34H56O2/c1-7-25(23(2)3)12-11-24(4)29-15-16-30-28-14-13-26-22-27(36-32-10-8-9-21-35-32)17-19-33(26,5)31(28)18-20-34(29,30)6/h11-13,23-25,27-32H,7-10,14-22H2,1-6H3/t24-,25+,27+,28+,29-,30+,31+,32?,33+,34-/m1/s1. The molecule has 2 nitrogen and oxygen atoms in total. The minimum atomic E-state index is 0.0556. The van der Waals surface area contributed by atoms with Crippen LogP contribution in [-0.2, 0) is 9.47 Å². The zero-order valence-electron chi connectivity index (χ0n) is 24.4. The summed E-state index contributed by atoms with van der Waals surface area (Å²) in [5.74, 6) is 5.77. The van der Waals surface area contributed by atoms with Crippen LogP contribution in [0, 0.1) is 52.3 Å². The molecule has 2 heteroatoms. The molecule has 0 amide bonds. The smallest absolute Gasteiger partial charge is 0.157 e. The Balaban J connectivity index is 1.26. The van der Waals surface area contributed by atoms with Gasteiger partial charge >= 0.3 is 0 Å². The third kappa shape index (κ3) is 4.92. The molecule has 0 aromatic carbocycles. The molecule has 0 spiro atoms.